The quantitative estimate of drug-likeness (QED) is 0.525. The van der Waals surface area contributed by atoms with Crippen LogP contribution >= 0.6 is 11.6 Å². The Bertz CT molecular complexity index is 530. The number of hydrogen-bond donors (Lipinski definition) is 1. The van der Waals surface area contributed by atoms with Crippen LogP contribution in [0, 0.1) is 0 Å². The van der Waals surface area contributed by atoms with Gasteiger partial charge in [0, 0.05) is 7.05 Å². The predicted molar refractivity (Wildman–Crippen MR) is 70.4 cm³/mol. The van der Waals surface area contributed by atoms with Gasteiger partial charge in [-0.05, 0) is 19.1 Å². The second-order valence-electron chi connectivity index (χ2n) is 3.60. The van der Waals surface area contributed by atoms with Crippen molar-refractivity contribution in [2.45, 2.75) is 13.1 Å². The zero-order chi connectivity index (χ0) is 15.3. The molecule has 1 aromatic rings. The molecule has 0 saturated heterocycles. The number of nitrogens with one attached hydrogen (secondary N) is 1. The van der Waals surface area contributed by atoms with Crippen LogP contribution in [0.1, 0.15) is 22.8 Å². The second-order valence-corrected chi connectivity index (χ2v) is 3.98. The predicted octanol–water partition coefficient (Wildman–Crippen LogP) is 3.61. The van der Waals surface area contributed by atoms with Gasteiger partial charge >= 0.3 is 12.1 Å². The number of halogens is 4. The van der Waals surface area contributed by atoms with Crippen LogP contribution in [-0.2, 0) is 10.9 Å². The van der Waals surface area contributed by atoms with E-state index in [1.54, 1.807) is 6.92 Å². The minimum atomic E-state index is -4.61. The monoisotopic (exact) mass is 308 g/mol. The number of carbonyl (C=O) groups is 1. The number of benzene rings is 1. The molecule has 0 saturated carbocycles. The summed E-state index contributed by atoms with van der Waals surface area (Å²) in [5.41, 5.74) is -1.57. The van der Waals surface area contributed by atoms with Crippen molar-refractivity contribution in [2.24, 2.45) is 4.99 Å². The highest BCUT2D eigenvalue weighted by molar-refractivity contribution is 6.36. The molecule has 0 radical (unpaired) electrons. The maximum Gasteiger partial charge on any atom is 0.418 e. The summed E-state index contributed by atoms with van der Waals surface area (Å²) >= 11 is 5.86. The first kappa shape index (κ1) is 16.3. The number of hydrogen-bond acceptors (Lipinski definition) is 3. The van der Waals surface area contributed by atoms with E-state index in [0.29, 0.717) is 0 Å². The second kappa shape index (κ2) is 6.60. The number of aliphatic imine (C=N–C) groups is 1. The molecule has 8 heteroatoms. The molecule has 20 heavy (non-hydrogen) atoms. The lowest BCUT2D eigenvalue weighted by atomic mass is 10.1. The van der Waals surface area contributed by atoms with Gasteiger partial charge in [-0.1, -0.05) is 11.6 Å². The molecule has 1 N–H and O–H groups in total. The normalized spacial score (nSPS) is 11.7. The molecule has 4 nitrogen and oxygen atoms in total. The molecule has 0 atom stereocenters. The van der Waals surface area contributed by atoms with Gasteiger partial charge in [0.1, 0.15) is 0 Å². The standard InChI is InChI=1S/C12H12ClF3N2O2/c1-3-20-11(19)7-4-5-8(12(14,15)16)10(9(7)13)18-6-17-2/h4-6H,3H2,1-2H3,(H,17,18). The number of rotatable bonds is 4. The molecule has 0 bridgehead atoms. The summed E-state index contributed by atoms with van der Waals surface area (Å²) in [5.74, 6) is -0.789. The fraction of sp³-hybridized carbons (Fsp3) is 0.333. The zero-order valence-electron chi connectivity index (χ0n) is 10.7. The van der Waals surface area contributed by atoms with Gasteiger partial charge in [0.2, 0.25) is 0 Å². The van der Waals surface area contributed by atoms with Crippen molar-refractivity contribution >= 4 is 29.6 Å². The number of ether oxygens (including phenoxy) is 1. The molecule has 1 rings (SSSR count). The van der Waals surface area contributed by atoms with Crippen LogP contribution in [0.2, 0.25) is 5.02 Å². The Labute approximate surface area is 118 Å². The van der Waals surface area contributed by atoms with Crippen LogP contribution in [0.4, 0.5) is 18.9 Å². The lowest BCUT2D eigenvalue weighted by Gasteiger charge is -2.16. The van der Waals surface area contributed by atoms with Gasteiger partial charge in [0.05, 0.1) is 34.8 Å². The molecule has 0 aliphatic rings. The maximum atomic E-state index is 12.9. The Morgan fingerprint density at radius 2 is 2.15 bits per heavy atom. The molecule has 0 amide bonds. The van der Waals surface area contributed by atoms with E-state index >= 15 is 0 Å². The highest BCUT2D eigenvalue weighted by atomic mass is 35.5. The summed E-state index contributed by atoms with van der Waals surface area (Å²) in [7, 11) is 1.38. The molecule has 0 spiro atoms. The Morgan fingerprint density at radius 1 is 1.50 bits per heavy atom. The van der Waals surface area contributed by atoms with E-state index in [2.05, 4.69) is 10.3 Å². The Kier molecular flexibility index (Phi) is 5.38. The number of esters is 1. The summed E-state index contributed by atoms with van der Waals surface area (Å²) in [6.07, 6.45) is -3.56. The summed E-state index contributed by atoms with van der Waals surface area (Å²) in [6, 6.07) is 1.75. The van der Waals surface area contributed by atoms with Gasteiger partial charge in [0.15, 0.2) is 0 Å². The molecular weight excluding hydrogens is 297 g/mol. The maximum absolute atomic E-state index is 12.9. The topological polar surface area (TPSA) is 50.7 Å². The van der Waals surface area contributed by atoms with Crippen LogP contribution in [-0.4, -0.2) is 26.0 Å². The van der Waals surface area contributed by atoms with Crippen molar-refractivity contribution in [3.63, 3.8) is 0 Å². The van der Waals surface area contributed by atoms with Crippen LogP contribution < -0.4 is 5.32 Å². The van der Waals surface area contributed by atoms with Crippen molar-refractivity contribution in [3.05, 3.63) is 28.3 Å². The molecule has 0 heterocycles. The molecule has 0 aliphatic heterocycles. The van der Waals surface area contributed by atoms with E-state index in [1.165, 1.54) is 7.05 Å². The largest absolute Gasteiger partial charge is 0.462 e. The first-order valence-electron chi connectivity index (χ1n) is 5.56. The molecular formula is C12H12ClF3N2O2. The zero-order valence-corrected chi connectivity index (χ0v) is 11.5. The van der Waals surface area contributed by atoms with Crippen molar-refractivity contribution in [1.29, 1.82) is 0 Å². The van der Waals surface area contributed by atoms with Crippen LogP contribution in [0.3, 0.4) is 0 Å². The van der Waals surface area contributed by atoms with Gasteiger partial charge in [-0.25, -0.2) is 4.79 Å². The molecule has 0 aliphatic carbocycles. The Hall–Kier alpha value is -1.76. The van der Waals surface area contributed by atoms with Crippen molar-refractivity contribution < 1.29 is 22.7 Å². The lowest BCUT2D eigenvalue weighted by molar-refractivity contribution is -0.136. The molecule has 0 unspecified atom stereocenters. The lowest BCUT2D eigenvalue weighted by Crippen LogP contribution is -2.13. The van der Waals surface area contributed by atoms with E-state index in [-0.39, 0.29) is 17.2 Å². The van der Waals surface area contributed by atoms with E-state index in [1.807, 2.05) is 0 Å². The highest BCUT2D eigenvalue weighted by Gasteiger charge is 2.35. The smallest absolute Gasteiger partial charge is 0.418 e. The Morgan fingerprint density at radius 3 is 2.65 bits per heavy atom. The average Bonchev–Trinajstić information content (AvgIpc) is 2.36. The molecule has 0 fully saturated rings. The van der Waals surface area contributed by atoms with Gasteiger partial charge in [-0.2, -0.15) is 13.2 Å². The van der Waals surface area contributed by atoms with Gasteiger partial charge in [0.25, 0.3) is 0 Å². The third kappa shape index (κ3) is 3.63. The van der Waals surface area contributed by atoms with E-state index in [4.69, 9.17) is 16.3 Å². The summed E-state index contributed by atoms with van der Waals surface area (Å²) in [6.45, 7) is 1.67. The van der Waals surface area contributed by atoms with E-state index < -0.39 is 23.4 Å². The summed E-state index contributed by atoms with van der Waals surface area (Å²) in [5, 5.41) is 1.96. The van der Waals surface area contributed by atoms with Crippen molar-refractivity contribution in [1.82, 2.24) is 0 Å². The third-order valence-corrected chi connectivity index (χ3v) is 2.67. The van der Waals surface area contributed by atoms with Crippen LogP contribution in [0.5, 0.6) is 0 Å². The van der Waals surface area contributed by atoms with Crippen LogP contribution in [0.25, 0.3) is 0 Å². The van der Waals surface area contributed by atoms with Crippen LogP contribution in [0.15, 0.2) is 17.1 Å². The highest BCUT2D eigenvalue weighted by Crippen LogP contribution is 2.40. The molecule has 1 aromatic carbocycles. The molecule has 0 aromatic heterocycles. The third-order valence-electron chi connectivity index (χ3n) is 2.28. The summed E-state index contributed by atoms with van der Waals surface area (Å²) in [4.78, 5) is 15.1. The average molecular weight is 309 g/mol. The summed E-state index contributed by atoms with van der Waals surface area (Å²) < 4.78 is 43.4. The number of nitrogens with zero attached hydrogens (tertiary/aromatic N) is 1. The van der Waals surface area contributed by atoms with Gasteiger partial charge < -0.3 is 10.1 Å². The van der Waals surface area contributed by atoms with E-state index in [0.717, 1.165) is 18.5 Å². The van der Waals surface area contributed by atoms with Crippen molar-refractivity contribution in [2.75, 3.05) is 19.0 Å². The first-order chi connectivity index (χ1) is 9.32. The SMILES string of the molecule is CCOC(=O)c1ccc(C(F)(F)F)c(NC=NC)c1Cl. The fourth-order valence-corrected chi connectivity index (χ4v) is 1.75. The van der Waals surface area contributed by atoms with Gasteiger partial charge in [-0.15, -0.1) is 0 Å². The van der Waals surface area contributed by atoms with E-state index in [9.17, 15) is 18.0 Å². The fourth-order valence-electron chi connectivity index (χ4n) is 1.45. The number of carbonyl (C=O) groups excluding carboxylic acids is 1. The first-order valence-corrected chi connectivity index (χ1v) is 5.94. The van der Waals surface area contributed by atoms with Crippen molar-refractivity contribution in [3.8, 4) is 0 Å². The molecule has 110 valence electrons. The minimum Gasteiger partial charge on any atom is -0.462 e. The number of anilines is 1. The van der Waals surface area contributed by atoms with Gasteiger partial charge in [-0.3, -0.25) is 4.99 Å². The number of alkyl halides is 3. The Balaban J connectivity index is 3.38. The minimum absolute atomic E-state index is 0.0926.